The number of β-lactam (4-membered cyclic amide) rings is 1. The molecule has 4 unspecified atom stereocenters. The molecule has 1 aromatic carbocycles. The van der Waals surface area contributed by atoms with Gasteiger partial charge in [-0.3, -0.25) is 9.78 Å². The predicted octanol–water partition coefficient (Wildman–Crippen LogP) is 3.00. The minimum Gasteiger partial charge on any atom is -0.306 e. The van der Waals surface area contributed by atoms with Crippen LogP contribution in [0.1, 0.15) is 19.3 Å². The van der Waals surface area contributed by atoms with Crippen molar-refractivity contribution in [2.75, 3.05) is 4.90 Å². The van der Waals surface area contributed by atoms with Gasteiger partial charge in [0.15, 0.2) is 0 Å². The van der Waals surface area contributed by atoms with E-state index in [1.54, 1.807) is 0 Å². The summed E-state index contributed by atoms with van der Waals surface area (Å²) < 4.78 is 0. The summed E-state index contributed by atoms with van der Waals surface area (Å²) in [6.45, 7) is 0. The fourth-order valence-corrected chi connectivity index (χ4v) is 4.77. The SMILES string of the molecule is O=C1C2C3CCC(C3)C2N1c1cccc2cccnc12. The van der Waals surface area contributed by atoms with Crippen molar-refractivity contribution in [1.29, 1.82) is 0 Å². The molecule has 20 heavy (non-hydrogen) atoms. The first-order chi connectivity index (χ1) is 9.84. The lowest BCUT2D eigenvalue weighted by atomic mass is 9.75. The van der Waals surface area contributed by atoms with E-state index in [9.17, 15) is 4.79 Å². The lowest BCUT2D eigenvalue weighted by Gasteiger charge is -2.49. The summed E-state index contributed by atoms with van der Waals surface area (Å²) in [6.07, 6.45) is 5.64. The molecule has 3 nitrogen and oxygen atoms in total. The van der Waals surface area contributed by atoms with Crippen LogP contribution in [0.3, 0.4) is 0 Å². The smallest absolute Gasteiger partial charge is 0.232 e. The Balaban J connectivity index is 1.65. The number of carbonyl (C=O) groups excluding carboxylic acids is 1. The molecule has 1 aromatic heterocycles. The lowest BCUT2D eigenvalue weighted by molar-refractivity contribution is -0.132. The van der Waals surface area contributed by atoms with Crippen LogP contribution < -0.4 is 4.90 Å². The van der Waals surface area contributed by atoms with Gasteiger partial charge in [-0.2, -0.15) is 0 Å². The third kappa shape index (κ3) is 1.17. The highest BCUT2D eigenvalue weighted by Gasteiger charge is 2.62. The van der Waals surface area contributed by atoms with E-state index >= 15 is 0 Å². The van der Waals surface area contributed by atoms with Crippen molar-refractivity contribution in [2.45, 2.75) is 25.3 Å². The maximum Gasteiger partial charge on any atom is 0.232 e. The van der Waals surface area contributed by atoms with Crippen molar-refractivity contribution in [1.82, 2.24) is 4.98 Å². The summed E-state index contributed by atoms with van der Waals surface area (Å²) in [7, 11) is 0. The largest absolute Gasteiger partial charge is 0.306 e. The summed E-state index contributed by atoms with van der Waals surface area (Å²) in [5.74, 6) is 2.03. The molecule has 5 rings (SSSR count). The molecular weight excluding hydrogens is 248 g/mol. The molecule has 0 N–H and O–H groups in total. The Kier molecular flexibility index (Phi) is 1.95. The van der Waals surface area contributed by atoms with E-state index in [0.717, 1.165) is 22.5 Å². The Morgan fingerprint density at radius 3 is 2.90 bits per heavy atom. The number of pyridine rings is 1. The normalized spacial score (nSPS) is 34.4. The minimum atomic E-state index is 0.313. The van der Waals surface area contributed by atoms with Gasteiger partial charge in [-0.15, -0.1) is 0 Å². The molecule has 3 fully saturated rings. The summed E-state index contributed by atoms with van der Waals surface area (Å²) in [4.78, 5) is 19.1. The number of hydrogen-bond donors (Lipinski definition) is 0. The van der Waals surface area contributed by atoms with Crippen LogP contribution in [-0.4, -0.2) is 16.9 Å². The zero-order valence-corrected chi connectivity index (χ0v) is 11.2. The van der Waals surface area contributed by atoms with Gasteiger partial charge in [-0.05, 0) is 43.2 Å². The molecule has 0 spiro atoms. The summed E-state index contributed by atoms with van der Waals surface area (Å²) in [5, 5.41) is 1.12. The van der Waals surface area contributed by atoms with E-state index in [-0.39, 0.29) is 0 Å². The second-order valence-electron chi connectivity index (χ2n) is 6.41. The van der Waals surface area contributed by atoms with E-state index in [2.05, 4.69) is 23.2 Å². The number of nitrogens with zero attached hydrogens (tertiary/aromatic N) is 2. The number of fused-ring (bicyclic) bond motifs is 6. The molecular formula is C17H16N2O. The number of para-hydroxylation sites is 1. The molecule has 3 heteroatoms. The lowest BCUT2D eigenvalue weighted by Crippen LogP contribution is -2.63. The average Bonchev–Trinajstić information content (AvgIpc) is 3.05. The number of rotatable bonds is 1. The number of anilines is 1. The summed E-state index contributed by atoms with van der Waals surface area (Å²) in [5.41, 5.74) is 1.98. The van der Waals surface area contributed by atoms with Gasteiger partial charge >= 0.3 is 0 Å². The zero-order valence-electron chi connectivity index (χ0n) is 11.2. The molecule has 2 bridgehead atoms. The van der Waals surface area contributed by atoms with Crippen molar-refractivity contribution < 1.29 is 4.79 Å². The highest BCUT2D eigenvalue weighted by atomic mass is 16.2. The third-order valence-electron chi connectivity index (χ3n) is 5.56. The van der Waals surface area contributed by atoms with Crippen LogP contribution in [0.15, 0.2) is 36.5 Å². The Hall–Kier alpha value is -1.90. The maximum atomic E-state index is 12.6. The Bertz CT molecular complexity index is 721. The zero-order chi connectivity index (χ0) is 13.3. The fourth-order valence-electron chi connectivity index (χ4n) is 4.77. The van der Waals surface area contributed by atoms with Crippen molar-refractivity contribution in [3.05, 3.63) is 36.5 Å². The summed E-state index contributed by atoms with van der Waals surface area (Å²) in [6, 6.07) is 10.6. The molecule has 0 radical (unpaired) electrons. The van der Waals surface area contributed by atoms with Gasteiger partial charge in [0.05, 0.1) is 23.2 Å². The van der Waals surface area contributed by atoms with E-state index in [0.29, 0.717) is 23.8 Å². The van der Waals surface area contributed by atoms with E-state index < -0.39 is 0 Å². The second kappa shape index (κ2) is 3.60. The van der Waals surface area contributed by atoms with Gasteiger partial charge in [-0.25, -0.2) is 0 Å². The minimum absolute atomic E-state index is 0.313. The topological polar surface area (TPSA) is 33.2 Å². The van der Waals surface area contributed by atoms with Crippen LogP contribution in [0.4, 0.5) is 5.69 Å². The highest BCUT2D eigenvalue weighted by molar-refractivity contribution is 6.09. The first-order valence-corrected chi connectivity index (χ1v) is 7.51. The first-order valence-electron chi connectivity index (χ1n) is 7.51. The molecule has 2 saturated carbocycles. The fraction of sp³-hybridized carbons (Fsp3) is 0.412. The van der Waals surface area contributed by atoms with Gasteiger partial charge < -0.3 is 4.90 Å². The van der Waals surface area contributed by atoms with Crippen molar-refractivity contribution >= 4 is 22.5 Å². The van der Waals surface area contributed by atoms with E-state index in [1.165, 1.54) is 19.3 Å². The van der Waals surface area contributed by atoms with Crippen LogP contribution in [0.25, 0.3) is 10.9 Å². The molecule has 100 valence electrons. The van der Waals surface area contributed by atoms with Gasteiger partial charge in [0.25, 0.3) is 0 Å². The third-order valence-corrected chi connectivity index (χ3v) is 5.56. The monoisotopic (exact) mass is 264 g/mol. The van der Waals surface area contributed by atoms with Crippen LogP contribution in [0, 0.1) is 17.8 Å². The predicted molar refractivity (Wildman–Crippen MR) is 77.3 cm³/mol. The van der Waals surface area contributed by atoms with Crippen LogP contribution in [0.5, 0.6) is 0 Å². The molecule has 2 aliphatic carbocycles. The standard InChI is InChI=1S/C17H16N2O/c20-17-14-11-6-7-12(9-11)16(14)19(17)13-5-1-3-10-4-2-8-18-15(10)13/h1-5,8,11-12,14,16H,6-7,9H2. The van der Waals surface area contributed by atoms with E-state index in [1.807, 2.05) is 23.2 Å². The summed E-state index contributed by atoms with van der Waals surface area (Å²) >= 11 is 0. The second-order valence-corrected chi connectivity index (χ2v) is 6.41. The number of hydrogen-bond acceptors (Lipinski definition) is 2. The molecule has 1 aliphatic heterocycles. The number of benzene rings is 1. The van der Waals surface area contributed by atoms with E-state index in [4.69, 9.17) is 0 Å². The molecule has 3 aliphatic rings. The Labute approximate surface area is 117 Å². The van der Waals surface area contributed by atoms with Gasteiger partial charge in [0.2, 0.25) is 5.91 Å². The van der Waals surface area contributed by atoms with Crippen molar-refractivity contribution in [3.63, 3.8) is 0 Å². The Morgan fingerprint density at radius 1 is 1.10 bits per heavy atom. The van der Waals surface area contributed by atoms with Gasteiger partial charge in [0.1, 0.15) is 0 Å². The van der Waals surface area contributed by atoms with Gasteiger partial charge in [-0.1, -0.05) is 18.2 Å². The quantitative estimate of drug-likeness (QED) is 0.742. The number of aromatic nitrogens is 1. The first kappa shape index (κ1) is 10.8. The van der Waals surface area contributed by atoms with Crippen LogP contribution in [-0.2, 0) is 4.79 Å². The van der Waals surface area contributed by atoms with Crippen LogP contribution in [0.2, 0.25) is 0 Å². The Morgan fingerprint density at radius 2 is 1.95 bits per heavy atom. The maximum absolute atomic E-state index is 12.6. The van der Waals surface area contributed by atoms with Gasteiger partial charge in [0, 0.05) is 11.6 Å². The van der Waals surface area contributed by atoms with Crippen LogP contribution >= 0.6 is 0 Å². The average molecular weight is 264 g/mol. The molecule has 2 heterocycles. The van der Waals surface area contributed by atoms with Crippen molar-refractivity contribution in [3.8, 4) is 0 Å². The molecule has 2 aromatic rings. The molecule has 1 amide bonds. The highest BCUT2D eigenvalue weighted by Crippen LogP contribution is 2.57. The number of amides is 1. The number of carbonyl (C=O) groups is 1. The molecule has 4 atom stereocenters. The molecule has 1 saturated heterocycles. The van der Waals surface area contributed by atoms with Crippen molar-refractivity contribution in [2.24, 2.45) is 17.8 Å².